The molecule has 4 rings (SSSR count). The van der Waals surface area contributed by atoms with Crippen molar-refractivity contribution in [1.82, 2.24) is 0 Å². The summed E-state index contributed by atoms with van der Waals surface area (Å²) < 4.78 is 23.6. The van der Waals surface area contributed by atoms with Gasteiger partial charge in [0.25, 0.3) is 0 Å². The van der Waals surface area contributed by atoms with E-state index in [1.165, 1.54) is 0 Å². The van der Waals surface area contributed by atoms with Crippen molar-refractivity contribution in [2.24, 2.45) is 11.8 Å². The molecule has 0 aromatic carbocycles. The quantitative estimate of drug-likeness (QED) is 0.391. The summed E-state index contributed by atoms with van der Waals surface area (Å²) in [5.74, 6) is -0.0419. The van der Waals surface area contributed by atoms with Gasteiger partial charge in [0.05, 0.1) is 12.9 Å². The average molecular weight is 457 g/mol. The Labute approximate surface area is 196 Å². The van der Waals surface area contributed by atoms with Crippen molar-refractivity contribution >= 4 is 11.9 Å². The van der Waals surface area contributed by atoms with E-state index in [4.69, 9.17) is 18.6 Å². The number of ether oxygens (including phenoxy) is 3. The van der Waals surface area contributed by atoms with E-state index in [1.807, 2.05) is 12.1 Å². The summed E-state index contributed by atoms with van der Waals surface area (Å²) in [6.07, 6.45) is 10.1. The van der Waals surface area contributed by atoms with Crippen LogP contribution in [0.5, 0.6) is 0 Å². The van der Waals surface area contributed by atoms with Crippen LogP contribution >= 0.6 is 0 Å². The molecule has 2 aliphatic carbocycles. The van der Waals surface area contributed by atoms with E-state index in [2.05, 4.69) is 13.2 Å². The van der Waals surface area contributed by atoms with Gasteiger partial charge in [-0.25, -0.2) is 9.59 Å². The zero-order valence-electron chi connectivity index (χ0n) is 19.7. The smallest absolute Gasteiger partial charge is 0.334 e. The minimum absolute atomic E-state index is 0.109. The van der Waals surface area contributed by atoms with E-state index in [-0.39, 0.29) is 23.8 Å². The lowest BCUT2D eigenvalue weighted by Gasteiger charge is -2.44. The molecule has 6 nitrogen and oxygen atoms in total. The van der Waals surface area contributed by atoms with Crippen molar-refractivity contribution in [2.45, 2.75) is 82.3 Å². The van der Waals surface area contributed by atoms with Crippen LogP contribution in [0.2, 0.25) is 0 Å². The summed E-state index contributed by atoms with van der Waals surface area (Å²) in [5, 5.41) is 0. The molecule has 6 heteroatoms. The number of esters is 2. The standard InChI is InChI=1S/C27H36O6/c1-19(2)24(28)32-27(22-11-16-30-18-22)14-7-9-21(17-27)20(3)25(29)33-26(12-5-4-6-13-26)23-10-8-15-31-23/h8,10,15,21-22H,1,3-7,9,11-14,16-18H2,2H3. The fourth-order valence-electron chi connectivity index (χ4n) is 5.80. The van der Waals surface area contributed by atoms with Crippen LogP contribution in [0.1, 0.15) is 76.9 Å². The van der Waals surface area contributed by atoms with Crippen LogP contribution in [-0.2, 0) is 29.4 Å². The Morgan fingerprint density at radius 1 is 1.03 bits per heavy atom. The molecule has 180 valence electrons. The molecule has 3 atom stereocenters. The third-order valence-electron chi connectivity index (χ3n) is 7.74. The molecule has 2 saturated carbocycles. The molecule has 0 spiro atoms. The molecular formula is C27H36O6. The number of rotatable bonds is 7. The van der Waals surface area contributed by atoms with Gasteiger partial charge in [-0.15, -0.1) is 0 Å². The van der Waals surface area contributed by atoms with E-state index in [0.717, 1.165) is 57.8 Å². The third-order valence-corrected chi connectivity index (χ3v) is 7.74. The van der Waals surface area contributed by atoms with Gasteiger partial charge in [0, 0.05) is 23.7 Å². The minimum atomic E-state index is -0.723. The van der Waals surface area contributed by atoms with Crippen LogP contribution in [0, 0.1) is 11.8 Å². The summed E-state index contributed by atoms with van der Waals surface area (Å²) in [7, 11) is 0. The van der Waals surface area contributed by atoms with Gasteiger partial charge >= 0.3 is 11.9 Å². The average Bonchev–Trinajstić information content (AvgIpc) is 3.54. The molecule has 3 aliphatic rings. The van der Waals surface area contributed by atoms with Crippen molar-refractivity contribution in [1.29, 1.82) is 0 Å². The zero-order chi connectivity index (χ0) is 23.5. The Morgan fingerprint density at radius 3 is 2.45 bits per heavy atom. The Bertz CT molecular complexity index is 872. The molecule has 1 aliphatic heterocycles. The highest BCUT2D eigenvalue weighted by atomic mass is 16.6. The van der Waals surface area contributed by atoms with Gasteiger partial charge in [-0.2, -0.15) is 0 Å². The van der Waals surface area contributed by atoms with Gasteiger partial charge in [-0.1, -0.05) is 19.6 Å². The maximum absolute atomic E-state index is 13.4. The molecule has 0 radical (unpaired) electrons. The summed E-state index contributed by atoms with van der Waals surface area (Å²) in [6.45, 7) is 10.8. The molecule has 1 aromatic rings. The highest BCUT2D eigenvalue weighted by Crippen LogP contribution is 2.47. The molecule has 0 N–H and O–H groups in total. The highest BCUT2D eigenvalue weighted by Gasteiger charge is 2.49. The molecule has 1 saturated heterocycles. The Kier molecular flexibility index (Phi) is 7.13. The second-order valence-electron chi connectivity index (χ2n) is 10.0. The van der Waals surface area contributed by atoms with Gasteiger partial charge < -0.3 is 18.6 Å². The lowest BCUT2D eigenvalue weighted by molar-refractivity contribution is -0.170. The Morgan fingerprint density at radius 2 is 1.82 bits per heavy atom. The van der Waals surface area contributed by atoms with E-state index in [9.17, 15) is 9.59 Å². The lowest BCUT2D eigenvalue weighted by atomic mass is 9.69. The first-order chi connectivity index (χ1) is 15.9. The first kappa shape index (κ1) is 23.8. The summed E-state index contributed by atoms with van der Waals surface area (Å²) in [4.78, 5) is 25.9. The number of hydrogen-bond donors (Lipinski definition) is 0. The second-order valence-corrected chi connectivity index (χ2v) is 10.0. The number of hydrogen-bond acceptors (Lipinski definition) is 6. The summed E-state index contributed by atoms with van der Waals surface area (Å²) in [5.41, 5.74) is -0.547. The molecule has 3 fully saturated rings. The van der Waals surface area contributed by atoms with Crippen LogP contribution in [0.3, 0.4) is 0 Å². The van der Waals surface area contributed by atoms with Gasteiger partial charge in [0.1, 0.15) is 11.4 Å². The highest BCUT2D eigenvalue weighted by molar-refractivity contribution is 5.89. The first-order valence-corrected chi connectivity index (χ1v) is 12.3. The number of furan rings is 1. The SMILES string of the molecule is C=C(C)C(=O)OC1(C2CCOC2)CCCC(C(=C)C(=O)OC2(c3ccco3)CCCCC2)C1. The van der Waals surface area contributed by atoms with Gasteiger partial charge in [-0.05, 0) is 82.8 Å². The normalized spacial score (nSPS) is 29.2. The fourth-order valence-corrected chi connectivity index (χ4v) is 5.80. The first-order valence-electron chi connectivity index (χ1n) is 12.3. The molecule has 0 amide bonds. The number of carbonyl (C=O) groups is 2. The predicted octanol–water partition coefficient (Wildman–Crippen LogP) is 5.62. The van der Waals surface area contributed by atoms with Gasteiger partial charge in [-0.3, -0.25) is 0 Å². The van der Waals surface area contributed by atoms with Crippen molar-refractivity contribution in [3.8, 4) is 0 Å². The minimum Gasteiger partial charge on any atom is -0.465 e. The van der Waals surface area contributed by atoms with E-state index in [1.54, 1.807) is 13.2 Å². The monoisotopic (exact) mass is 456 g/mol. The van der Waals surface area contributed by atoms with E-state index < -0.39 is 11.2 Å². The second kappa shape index (κ2) is 9.88. The molecule has 3 unspecified atom stereocenters. The van der Waals surface area contributed by atoms with Crippen LogP contribution < -0.4 is 0 Å². The van der Waals surface area contributed by atoms with Gasteiger partial charge in [0.2, 0.25) is 0 Å². The maximum Gasteiger partial charge on any atom is 0.334 e. The van der Waals surface area contributed by atoms with E-state index in [0.29, 0.717) is 36.5 Å². The molecule has 33 heavy (non-hydrogen) atoms. The van der Waals surface area contributed by atoms with Gasteiger partial charge in [0.15, 0.2) is 5.60 Å². The topological polar surface area (TPSA) is 75.0 Å². The van der Waals surface area contributed by atoms with Crippen molar-refractivity contribution in [3.05, 3.63) is 48.5 Å². The van der Waals surface area contributed by atoms with Crippen molar-refractivity contribution in [3.63, 3.8) is 0 Å². The molecule has 1 aromatic heterocycles. The van der Waals surface area contributed by atoms with Crippen LogP contribution in [0.4, 0.5) is 0 Å². The maximum atomic E-state index is 13.4. The molecule has 0 bridgehead atoms. The zero-order valence-corrected chi connectivity index (χ0v) is 19.7. The fraction of sp³-hybridized carbons (Fsp3) is 0.630. The van der Waals surface area contributed by atoms with Crippen molar-refractivity contribution in [2.75, 3.05) is 13.2 Å². The van der Waals surface area contributed by atoms with Crippen LogP contribution in [-0.4, -0.2) is 30.8 Å². The lowest BCUT2D eigenvalue weighted by Crippen LogP contribution is -2.48. The Balaban J connectivity index is 1.51. The summed E-state index contributed by atoms with van der Waals surface area (Å²) in [6, 6.07) is 3.73. The Hall–Kier alpha value is -2.34. The third kappa shape index (κ3) is 4.96. The van der Waals surface area contributed by atoms with Crippen molar-refractivity contribution < 1.29 is 28.2 Å². The number of carbonyl (C=O) groups excluding carboxylic acids is 2. The molecular weight excluding hydrogens is 420 g/mol. The molecule has 2 heterocycles. The largest absolute Gasteiger partial charge is 0.465 e. The van der Waals surface area contributed by atoms with Crippen LogP contribution in [0.25, 0.3) is 0 Å². The predicted molar refractivity (Wildman–Crippen MR) is 123 cm³/mol. The summed E-state index contributed by atoms with van der Waals surface area (Å²) >= 11 is 0. The van der Waals surface area contributed by atoms with E-state index >= 15 is 0 Å². The van der Waals surface area contributed by atoms with Crippen LogP contribution in [0.15, 0.2) is 47.1 Å².